The van der Waals surface area contributed by atoms with Gasteiger partial charge in [-0.1, -0.05) is 32.6 Å². The zero-order chi connectivity index (χ0) is 10.2. The zero-order valence-electron chi connectivity index (χ0n) is 9.08. The van der Waals surface area contributed by atoms with Gasteiger partial charge >= 0.3 is 0 Å². The molecule has 1 unspecified atom stereocenters. The smallest absolute Gasteiger partial charge is 0.0270 e. The highest BCUT2D eigenvalue weighted by molar-refractivity contribution is 5.16. The lowest BCUT2D eigenvalue weighted by Gasteiger charge is -2.10. The molecule has 1 aromatic rings. The average Bonchev–Trinajstić information content (AvgIpc) is 2.25. The van der Waals surface area contributed by atoms with E-state index in [0.717, 1.165) is 0 Å². The Balaban J connectivity index is 2.25. The molecule has 1 aromatic heterocycles. The summed E-state index contributed by atoms with van der Waals surface area (Å²) in [7, 11) is 0. The molecule has 1 nitrogen and oxygen atoms in total. The van der Waals surface area contributed by atoms with Crippen molar-refractivity contribution in [3.05, 3.63) is 37.0 Å². The highest BCUT2D eigenvalue weighted by Crippen LogP contribution is 2.20. The maximum Gasteiger partial charge on any atom is 0.0270 e. The van der Waals surface area contributed by atoms with E-state index in [1.165, 1.54) is 37.7 Å². The van der Waals surface area contributed by atoms with Crippen LogP contribution in [0.1, 0.15) is 50.5 Å². The summed E-state index contributed by atoms with van der Waals surface area (Å²) in [6, 6.07) is 4.13. The second kappa shape index (κ2) is 6.58. The maximum absolute atomic E-state index is 4.18. The van der Waals surface area contributed by atoms with Crippen LogP contribution in [-0.4, -0.2) is 4.98 Å². The van der Waals surface area contributed by atoms with Gasteiger partial charge in [0.25, 0.3) is 0 Å². The van der Waals surface area contributed by atoms with Gasteiger partial charge in [0.2, 0.25) is 0 Å². The van der Waals surface area contributed by atoms with Gasteiger partial charge in [-0.05, 0) is 37.0 Å². The Morgan fingerprint density at radius 2 is 1.93 bits per heavy atom. The fourth-order valence-electron chi connectivity index (χ4n) is 1.62. The summed E-state index contributed by atoms with van der Waals surface area (Å²) in [5.41, 5.74) is 1.32. The third-order valence-corrected chi connectivity index (χ3v) is 2.58. The van der Waals surface area contributed by atoms with Crippen molar-refractivity contribution in [3.8, 4) is 0 Å². The van der Waals surface area contributed by atoms with Crippen molar-refractivity contribution in [2.75, 3.05) is 0 Å². The second-order valence-electron chi connectivity index (χ2n) is 3.83. The van der Waals surface area contributed by atoms with E-state index in [0.29, 0.717) is 5.92 Å². The third-order valence-electron chi connectivity index (χ3n) is 2.58. The SMILES string of the molecule is [CH2]C(CCCCCC)c1ccncc1. The Kier molecular flexibility index (Phi) is 5.28. The standard InChI is InChI=1S/C13H20N/c1-3-4-5-6-7-12(2)13-8-10-14-11-9-13/h8-12H,2-7H2,1H3. The predicted octanol–water partition coefficient (Wildman–Crippen LogP) is 3.97. The van der Waals surface area contributed by atoms with Crippen LogP contribution < -0.4 is 0 Å². The number of hydrogen-bond acceptors (Lipinski definition) is 1. The van der Waals surface area contributed by atoms with Crippen molar-refractivity contribution in [2.24, 2.45) is 0 Å². The Labute approximate surface area is 87.6 Å². The first-order valence-corrected chi connectivity index (χ1v) is 5.57. The molecule has 0 bridgehead atoms. The van der Waals surface area contributed by atoms with E-state index in [2.05, 4.69) is 31.0 Å². The minimum atomic E-state index is 0.440. The van der Waals surface area contributed by atoms with Gasteiger partial charge in [-0.15, -0.1) is 0 Å². The summed E-state index contributed by atoms with van der Waals surface area (Å²) in [4.78, 5) is 4.01. The lowest BCUT2D eigenvalue weighted by Crippen LogP contribution is -1.94. The van der Waals surface area contributed by atoms with E-state index in [1.54, 1.807) is 0 Å². The van der Waals surface area contributed by atoms with E-state index in [-0.39, 0.29) is 0 Å². The first-order chi connectivity index (χ1) is 6.84. The van der Waals surface area contributed by atoms with Gasteiger partial charge in [-0.3, -0.25) is 4.98 Å². The Morgan fingerprint density at radius 3 is 2.57 bits per heavy atom. The van der Waals surface area contributed by atoms with Gasteiger partial charge in [0.15, 0.2) is 0 Å². The van der Waals surface area contributed by atoms with Crippen molar-refractivity contribution in [1.82, 2.24) is 4.98 Å². The summed E-state index contributed by atoms with van der Waals surface area (Å²) in [5, 5.41) is 0. The summed E-state index contributed by atoms with van der Waals surface area (Å²) >= 11 is 0. The van der Waals surface area contributed by atoms with Crippen molar-refractivity contribution >= 4 is 0 Å². The highest BCUT2D eigenvalue weighted by Gasteiger charge is 2.03. The first kappa shape index (κ1) is 11.2. The molecule has 0 amide bonds. The molecule has 0 aliphatic rings. The molecule has 1 rings (SSSR count). The van der Waals surface area contributed by atoms with Gasteiger partial charge in [0.1, 0.15) is 0 Å². The molecule has 0 aliphatic carbocycles. The number of hydrogen-bond donors (Lipinski definition) is 0. The lowest BCUT2D eigenvalue weighted by molar-refractivity contribution is 0.602. The van der Waals surface area contributed by atoms with Crippen molar-refractivity contribution < 1.29 is 0 Å². The number of aromatic nitrogens is 1. The fraction of sp³-hybridized carbons (Fsp3) is 0.538. The molecule has 1 atom stereocenters. The molecule has 0 spiro atoms. The van der Waals surface area contributed by atoms with Crippen LogP contribution in [0.2, 0.25) is 0 Å². The molecule has 1 heterocycles. The van der Waals surface area contributed by atoms with Gasteiger partial charge in [0, 0.05) is 12.4 Å². The minimum absolute atomic E-state index is 0.440. The molecule has 0 saturated carbocycles. The molecular weight excluding hydrogens is 170 g/mol. The molecular formula is C13H20N. The van der Waals surface area contributed by atoms with E-state index in [4.69, 9.17) is 0 Å². The molecule has 14 heavy (non-hydrogen) atoms. The molecule has 1 radical (unpaired) electrons. The number of pyridine rings is 1. The molecule has 77 valence electrons. The highest BCUT2D eigenvalue weighted by atomic mass is 14.6. The zero-order valence-corrected chi connectivity index (χ0v) is 9.08. The van der Waals surface area contributed by atoms with Crippen LogP contribution >= 0.6 is 0 Å². The van der Waals surface area contributed by atoms with Gasteiger partial charge < -0.3 is 0 Å². The maximum atomic E-state index is 4.18. The van der Waals surface area contributed by atoms with Crippen LogP contribution in [0, 0.1) is 6.92 Å². The monoisotopic (exact) mass is 190 g/mol. The van der Waals surface area contributed by atoms with E-state index in [9.17, 15) is 0 Å². The van der Waals surface area contributed by atoms with E-state index >= 15 is 0 Å². The minimum Gasteiger partial charge on any atom is -0.265 e. The topological polar surface area (TPSA) is 12.9 Å². The van der Waals surface area contributed by atoms with Crippen LogP contribution in [0.25, 0.3) is 0 Å². The normalized spacial score (nSPS) is 12.7. The molecule has 0 N–H and O–H groups in total. The van der Waals surface area contributed by atoms with Gasteiger partial charge in [0.05, 0.1) is 0 Å². The largest absolute Gasteiger partial charge is 0.265 e. The summed E-state index contributed by atoms with van der Waals surface area (Å²) in [5.74, 6) is 0.440. The van der Waals surface area contributed by atoms with Crippen LogP contribution in [0.3, 0.4) is 0 Å². The van der Waals surface area contributed by atoms with Crippen LogP contribution in [0.15, 0.2) is 24.5 Å². The summed E-state index contributed by atoms with van der Waals surface area (Å²) in [6.45, 7) is 6.42. The van der Waals surface area contributed by atoms with Crippen molar-refractivity contribution in [2.45, 2.75) is 44.9 Å². The Hall–Kier alpha value is -0.850. The fourth-order valence-corrected chi connectivity index (χ4v) is 1.62. The first-order valence-electron chi connectivity index (χ1n) is 5.57. The predicted molar refractivity (Wildman–Crippen MR) is 61.1 cm³/mol. The van der Waals surface area contributed by atoms with Crippen LogP contribution in [0.5, 0.6) is 0 Å². The summed E-state index contributed by atoms with van der Waals surface area (Å²) in [6.07, 6.45) is 10.2. The molecule has 1 heteroatoms. The Bertz CT molecular complexity index is 230. The molecule has 0 saturated heterocycles. The number of rotatable bonds is 6. The summed E-state index contributed by atoms with van der Waals surface area (Å²) < 4.78 is 0. The molecule has 0 aromatic carbocycles. The van der Waals surface area contributed by atoms with Crippen LogP contribution in [0.4, 0.5) is 0 Å². The van der Waals surface area contributed by atoms with Crippen molar-refractivity contribution in [1.29, 1.82) is 0 Å². The second-order valence-corrected chi connectivity index (χ2v) is 3.83. The number of nitrogens with zero attached hydrogens (tertiary/aromatic N) is 1. The van der Waals surface area contributed by atoms with E-state index < -0.39 is 0 Å². The molecule has 0 fully saturated rings. The quantitative estimate of drug-likeness (QED) is 0.618. The van der Waals surface area contributed by atoms with Gasteiger partial charge in [-0.25, -0.2) is 0 Å². The number of unbranched alkanes of at least 4 members (excludes halogenated alkanes) is 3. The van der Waals surface area contributed by atoms with E-state index in [1.807, 2.05) is 12.4 Å². The Morgan fingerprint density at radius 1 is 1.21 bits per heavy atom. The van der Waals surface area contributed by atoms with Crippen LogP contribution in [-0.2, 0) is 0 Å². The molecule has 0 aliphatic heterocycles. The van der Waals surface area contributed by atoms with Crippen molar-refractivity contribution in [3.63, 3.8) is 0 Å². The average molecular weight is 190 g/mol. The third kappa shape index (κ3) is 3.91. The lowest BCUT2D eigenvalue weighted by atomic mass is 9.96. The van der Waals surface area contributed by atoms with Gasteiger partial charge in [-0.2, -0.15) is 0 Å².